The van der Waals surface area contributed by atoms with Gasteiger partial charge in [-0.1, -0.05) is 72.8 Å². The summed E-state index contributed by atoms with van der Waals surface area (Å²) < 4.78 is 5.16. The molecule has 3 nitrogen and oxygen atoms in total. The van der Waals surface area contributed by atoms with Gasteiger partial charge in [-0.05, 0) is 35.2 Å². The first-order valence-corrected chi connectivity index (χ1v) is 8.76. The van der Waals surface area contributed by atoms with E-state index >= 15 is 0 Å². The highest BCUT2D eigenvalue weighted by atomic mass is 16.5. The van der Waals surface area contributed by atoms with Gasteiger partial charge in [-0.15, -0.1) is 0 Å². The number of carbonyl (C=O) groups is 1. The van der Waals surface area contributed by atoms with Gasteiger partial charge in [-0.2, -0.15) is 0 Å². The molecule has 1 N–H and O–H groups in total. The molecule has 132 valence electrons. The van der Waals surface area contributed by atoms with Crippen LogP contribution in [0, 0.1) is 0 Å². The van der Waals surface area contributed by atoms with Crippen molar-refractivity contribution >= 4 is 5.91 Å². The van der Waals surface area contributed by atoms with Gasteiger partial charge in [-0.25, -0.2) is 0 Å². The number of rotatable bonds is 7. The Morgan fingerprint density at radius 1 is 0.846 bits per heavy atom. The van der Waals surface area contributed by atoms with Gasteiger partial charge in [-0.3, -0.25) is 4.79 Å². The van der Waals surface area contributed by atoms with E-state index in [1.807, 2.05) is 60.7 Å². The van der Waals surface area contributed by atoms with Crippen LogP contribution in [0.25, 0.3) is 0 Å². The molecule has 0 aliphatic carbocycles. The van der Waals surface area contributed by atoms with Gasteiger partial charge in [0.2, 0.25) is 5.91 Å². The van der Waals surface area contributed by atoms with Gasteiger partial charge < -0.3 is 10.1 Å². The van der Waals surface area contributed by atoms with Crippen LogP contribution in [-0.2, 0) is 17.6 Å². The molecule has 1 unspecified atom stereocenters. The minimum atomic E-state index is -0.0515. The molecular weight excluding hydrogens is 322 g/mol. The molecule has 0 saturated heterocycles. The molecule has 0 bridgehead atoms. The molecule has 1 amide bonds. The van der Waals surface area contributed by atoms with E-state index < -0.39 is 0 Å². The molecule has 1 atom stereocenters. The van der Waals surface area contributed by atoms with Crippen molar-refractivity contribution < 1.29 is 9.53 Å². The lowest BCUT2D eigenvalue weighted by atomic mass is 9.98. The van der Waals surface area contributed by atoms with E-state index in [1.54, 1.807) is 7.11 Å². The molecule has 3 heteroatoms. The fourth-order valence-corrected chi connectivity index (χ4v) is 2.96. The number of benzene rings is 3. The molecule has 0 fully saturated rings. The predicted molar refractivity (Wildman–Crippen MR) is 104 cm³/mol. The van der Waals surface area contributed by atoms with Gasteiger partial charge in [0, 0.05) is 0 Å². The quantitative estimate of drug-likeness (QED) is 0.692. The average Bonchev–Trinajstić information content (AvgIpc) is 2.69. The number of amides is 1. The van der Waals surface area contributed by atoms with Crippen LogP contribution in [-0.4, -0.2) is 13.0 Å². The van der Waals surface area contributed by atoms with Crippen LogP contribution >= 0.6 is 0 Å². The van der Waals surface area contributed by atoms with Gasteiger partial charge in [0.05, 0.1) is 19.6 Å². The summed E-state index contributed by atoms with van der Waals surface area (Å²) in [6, 6.07) is 27.9. The number of hydrogen-bond acceptors (Lipinski definition) is 2. The van der Waals surface area contributed by atoms with Gasteiger partial charge in [0.1, 0.15) is 5.75 Å². The van der Waals surface area contributed by atoms with Gasteiger partial charge in [0.15, 0.2) is 0 Å². The van der Waals surface area contributed by atoms with Crippen molar-refractivity contribution in [3.8, 4) is 5.75 Å². The molecular formula is C23H23NO2. The van der Waals surface area contributed by atoms with Crippen molar-refractivity contribution in [2.45, 2.75) is 18.9 Å². The predicted octanol–water partition coefficient (Wildman–Crippen LogP) is 4.34. The van der Waals surface area contributed by atoms with E-state index in [9.17, 15) is 4.79 Å². The van der Waals surface area contributed by atoms with E-state index in [-0.39, 0.29) is 11.9 Å². The average molecular weight is 345 g/mol. The Morgan fingerprint density at radius 2 is 1.46 bits per heavy atom. The van der Waals surface area contributed by atoms with Crippen molar-refractivity contribution in [2.75, 3.05) is 7.11 Å². The molecule has 0 aromatic heterocycles. The lowest BCUT2D eigenvalue weighted by Crippen LogP contribution is -2.31. The summed E-state index contributed by atoms with van der Waals surface area (Å²) in [6.45, 7) is 0. The maximum Gasteiger partial charge on any atom is 0.224 e. The number of nitrogens with one attached hydrogen (secondary N) is 1. The Morgan fingerprint density at radius 3 is 2.08 bits per heavy atom. The number of carbonyl (C=O) groups excluding carboxylic acids is 1. The van der Waals surface area contributed by atoms with E-state index in [2.05, 4.69) is 29.6 Å². The largest absolute Gasteiger partial charge is 0.497 e. The zero-order valence-electron chi connectivity index (χ0n) is 14.9. The molecule has 26 heavy (non-hydrogen) atoms. The minimum absolute atomic E-state index is 0.0138. The molecule has 0 radical (unpaired) electrons. The second kappa shape index (κ2) is 8.86. The van der Waals surface area contributed by atoms with Crippen LogP contribution in [0.2, 0.25) is 0 Å². The van der Waals surface area contributed by atoms with Crippen LogP contribution in [0.3, 0.4) is 0 Å². The summed E-state index contributed by atoms with van der Waals surface area (Å²) in [5, 5.41) is 3.19. The summed E-state index contributed by atoms with van der Waals surface area (Å²) >= 11 is 0. The van der Waals surface area contributed by atoms with E-state index in [1.165, 1.54) is 5.56 Å². The molecule has 0 aliphatic rings. The summed E-state index contributed by atoms with van der Waals surface area (Å²) in [5.74, 6) is 0.806. The fourth-order valence-electron chi connectivity index (χ4n) is 2.96. The first kappa shape index (κ1) is 17.7. The number of methoxy groups -OCH3 is 1. The molecule has 0 heterocycles. The monoisotopic (exact) mass is 345 g/mol. The Balaban J connectivity index is 1.71. The van der Waals surface area contributed by atoms with Crippen molar-refractivity contribution in [3.05, 3.63) is 102 Å². The lowest BCUT2D eigenvalue weighted by molar-refractivity contribution is -0.121. The van der Waals surface area contributed by atoms with Gasteiger partial charge in [0.25, 0.3) is 0 Å². The summed E-state index contributed by atoms with van der Waals surface area (Å²) in [5.41, 5.74) is 3.28. The number of ether oxygens (including phenoxy) is 1. The Labute approximate surface area is 154 Å². The van der Waals surface area contributed by atoms with Crippen molar-refractivity contribution in [1.29, 1.82) is 0 Å². The van der Waals surface area contributed by atoms with Crippen LogP contribution in [0.5, 0.6) is 5.75 Å². The smallest absolute Gasteiger partial charge is 0.224 e. The number of hydrogen-bond donors (Lipinski definition) is 1. The van der Waals surface area contributed by atoms with E-state index in [4.69, 9.17) is 4.74 Å². The van der Waals surface area contributed by atoms with E-state index in [0.717, 1.165) is 23.3 Å². The standard InChI is InChI=1S/C23H23NO2/c1-26-21-14-12-19(13-15-21)17-23(25)24-22(20-10-6-3-7-11-20)16-18-8-4-2-5-9-18/h2-15,22H,16-17H2,1H3,(H,24,25). The molecule has 0 aliphatic heterocycles. The van der Waals surface area contributed by atoms with Crippen molar-refractivity contribution in [1.82, 2.24) is 5.32 Å². The summed E-state index contributed by atoms with van der Waals surface area (Å²) in [6.07, 6.45) is 1.11. The molecule has 3 rings (SSSR count). The van der Waals surface area contributed by atoms with Crippen LogP contribution in [0.4, 0.5) is 0 Å². The Kier molecular flexibility index (Phi) is 6.05. The highest BCUT2D eigenvalue weighted by Crippen LogP contribution is 2.19. The fraction of sp³-hybridized carbons (Fsp3) is 0.174. The molecule has 3 aromatic carbocycles. The topological polar surface area (TPSA) is 38.3 Å². The second-order valence-electron chi connectivity index (χ2n) is 6.25. The van der Waals surface area contributed by atoms with E-state index in [0.29, 0.717) is 6.42 Å². The molecule has 3 aromatic rings. The molecule has 0 saturated carbocycles. The highest BCUT2D eigenvalue weighted by Gasteiger charge is 2.15. The first-order valence-electron chi connectivity index (χ1n) is 8.76. The van der Waals surface area contributed by atoms with Gasteiger partial charge >= 0.3 is 0 Å². The maximum absolute atomic E-state index is 12.6. The Hall–Kier alpha value is -3.07. The summed E-state index contributed by atoms with van der Waals surface area (Å²) in [4.78, 5) is 12.6. The van der Waals surface area contributed by atoms with Crippen molar-refractivity contribution in [3.63, 3.8) is 0 Å². The second-order valence-corrected chi connectivity index (χ2v) is 6.25. The first-order chi connectivity index (χ1) is 12.7. The normalized spacial score (nSPS) is 11.6. The molecule has 0 spiro atoms. The zero-order valence-corrected chi connectivity index (χ0v) is 14.9. The van der Waals surface area contributed by atoms with Crippen LogP contribution in [0.15, 0.2) is 84.9 Å². The van der Waals surface area contributed by atoms with Crippen LogP contribution < -0.4 is 10.1 Å². The summed E-state index contributed by atoms with van der Waals surface area (Å²) in [7, 11) is 1.63. The Bertz CT molecular complexity index is 814. The third-order valence-electron chi connectivity index (χ3n) is 4.34. The minimum Gasteiger partial charge on any atom is -0.497 e. The highest BCUT2D eigenvalue weighted by molar-refractivity contribution is 5.79. The third kappa shape index (κ3) is 4.96. The SMILES string of the molecule is COc1ccc(CC(=O)NC(Cc2ccccc2)c2ccccc2)cc1. The zero-order chi connectivity index (χ0) is 18.2. The van der Waals surface area contributed by atoms with Crippen molar-refractivity contribution in [2.24, 2.45) is 0 Å². The third-order valence-corrected chi connectivity index (χ3v) is 4.34. The van der Waals surface area contributed by atoms with Crippen LogP contribution in [0.1, 0.15) is 22.7 Å². The maximum atomic E-state index is 12.6. The lowest BCUT2D eigenvalue weighted by Gasteiger charge is -2.20.